The van der Waals surface area contributed by atoms with Crippen LogP contribution in [-0.4, -0.2) is 0 Å². The average molecular weight is 260 g/mol. The molecule has 0 saturated carbocycles. The summed E-state index contributed by atoms with van der Waals surface area (Å²) in [7, 11) is 0. The van der Waals surface area contributed by atoms with Gasteiger partial charge in [0.2, 0.25) is 0 Å². The Bertz CT molecular complexity index is 367. The van der Waals surface area contributed by atoms with E-state index in [1.807, 2.05) is 0 Å². The third-order valence-electron chi connectivity index (χ3n) is 3.41. The minimum absolute atomic E-state index is 0.334. The van der Waals surface area contributed by atoms with Crippen molar-refractivity contribution in [1.29, 1.82) is 0 Å². The highest BCUT2D eigenvalue weighted by Gasteiger charge is 2.12. The van der Waals surface area contributed by atoms with E-state index in [2.05, 4.69) is 66.5 Å². The molecular weight excluding hydrogens is 228 g/mol. The molecule has 0 fully saturated rings. The molecule has 0 N–H and O–H groups in total. The van der Waals surface area contributed by atoms with Gasteiger partial charge < -0.3 is 0 Å². The quantitative estimate of drug-likeness (QED) is 0.364. The van der Waals surface area contributed by atoms with Crippen molar-refractivity contribution in [3.05, 3.63) is 41.7 Å². The Balaban J connectivity index is 4.43. The molecule has 1 atom stereocenters. The van der Waals surface area contributed by atoms with E-state index in [1.54, 1.807) is 0 Å². The fraction of sp³-hybridized carbons (Fsp3) is 0.632. The molecule has 0 aromatic carbocycles. The van der Waals surface area contributed by atoms with Crippen LogP contribution in [0.25, 0.3) is 0 Å². The Morgan fingerprint density at radius 2 is 1.89 bits per heavy atom. The van der Waals surface area contributed by atoms with E-state index in [-0.39, 0.29) is 0 Å². The predicted molar refractivity (Wildman–Crippen MR) is 88.3 cm³/mol. The normalized spacial score (nSPS) is 13.9. The van der Waals surface area contributed by atoms with Gasteiger partial charge in [0.1, 0.15) is 0 Å². The van der Waals surface area contributed by atoms with Crippen LogP contribution in [0.3, 0.4) is 0 Å². The summed E-state index contributed by atoms with van der Waals surface area (Å²) in [6.07, 6.45) is 6.55. The maximum absolute atomic E-state index is 4.20. The van der Waals surface area contributed by atoms with Crippen LogP contribution in [0.5, 0.6) is 0 Å². The van der Waals surface area contributed by atoms with Gasteiger partial charge in [0.25, 0.3) is 0 Å². The maximum atomic E-state index is 4.20. The summed E-state index contributed by atoms with van der Waals surface area (Å²) < 4.78 is 0. The molecule has 0 aliphatic heterocycles. The average Bonchev–Trinajstić information content (AvgIpc) is 2.26. The van der Waals surface area contributed by atoms with E-state index in [0.29, 0.717) is 11.3 Å². The number of hydrogen-bond donors (Lipinski definition) is 0. The van der Waals surface area contributed by atoms with Gasteiger partial charge in [0.15, 0.2) is 0 Å². The number of hydrogen-bond acceptors (Lipinski definition) is 0. The van der Waals surface area contributed by atoms with Crippen molar-refractivity contribution < 1.29 is 0 Å². The molecule has 1 unspecified atom stereocenters. The monoisotopic (exact) mass is 260 g/mol. The Kier molecular flexibility index (Phi) is 7.79. The SMILES string of the molecule is C=C=C(CC=C(C)CC(=C)CC(C)(C)C)C(C)CC. The summed E-state index contributed by atoms with van der Waals surface area (Å²) in [5.74, 6) is 0.583. The fourth-order valence-electron chi connectivity index (χ4n) is 2.26. The summed E-state index contributed by atoms with van der Waals surface area (Å²) >= 11 is 0. The third kappa shape index (κ3) is 8.67. The van der Waals surface area contributed by atoms with Crippen molar-refractivity contribution in [2.75, 3.05) is 0 Å². The highest BCUT2D eigenvalue weighted by molar-refractivity contribution is 5.16. The van der Waals surface area contributed by atoms with Gasteiger partial charge in [-0.3, -0.25) is 0 Å². The molecule has 0 aromatic rings. The predicted octanol–water partition coefficient (Wildman–Crippen LogP) is 6.46. The van der Waals surface area contributed by atoms with Crippen LogP contribution in [0.2, 0.25) is 0 Å². The van der Waals surface area contributed by atoms with Crippen molar-refractivity contribution in [2.45, 2.75) is 67.2 Å². The molecule has 0 spiro atoms. The molecule has 19 heavy (non-hydrogen) atoms. The first-order valence-electron chi connectivity index (χ1n) is 7.40. The maximum Gasteiger partial charge on any atom is -0.00573 e. The molecule has 0 radical (unpaired) electrons. The Morgan fingerprint density at radius 3 is 2.32 bits per heavy atom. The first-order chi connectivity index (χ1) is 8.69. The first kappa shape index (κ1) is 18.0. The number of rotatable bonds is 7. The van der Waals surface area contributed by atoms with Crippen LogP contribution >= 0.6 is 0 Å². The topological polar surface area (TPSA) is 0 Å². The van der Waals surface area contributed by atoms with Gasteiger partial charge in [-0.25, -0.2) is 0 Å². The molecule has 0 aromatic heterocycles. The smallest absolute Gasteiger partial charge is 0.00573 e. The van der Waals surface area contributed by atoms with Crippen molar-refractivity contribution >= 4 is 0 Å². The van der Waals surface area contributed by atoms with E-state index in [1.165, 1.54) is 16.7 Å². The van der Waals surface area contributed by atoms with E-state index >= 15 is 0 Å². The minimum Gasteiger partial charge on any atom is -0.129 e. The van der Waals surface area contributed by atoms with Crippen molar-refractivity contribution in [1.82, 2.24) is 0 Å². The molecule has 0 heteroatoms. The van der Waals surface area contributed by atoms with Gasteiger partial charge in [-0.15, -0.1) is 5.73 Å². The van der Waals surface area contributed by atoms with Crippen LogP contribution in [-0.2, 0) is 0 Å². The van der Waals surface area contributed by atoms with Crippen LogP contribution in [0.1, 0.15) is 67.2 Å². The molecule has 0 nitrogen and oxygen atoms in total. The molecule has 0 bridgehead atoms. The zero-order valence-electron chi connectivity index (χ0n) is 13.9. The van der Waals surface area contributed by atoms with Crippen molar-refractivity contribution in [2.24, 2.45) is 11.3 Å². The summed E-state index contributed by atoms with van der Waals surface area (Å²) in [6.45, 7) is 21.5. The zero-order valence-corrected chi connectivity index (χ0v) is 13.9. The van der Waals surface area contributed by atoms with Crippen LogP contribution in [0.4, 0.5) is 0 Å². The Labute approximate surface area is 121 Å². The second-order valence-electron chi connectivity index (χ2n) is 6.93. The lowest BCUT2D eigenvalue weighted by Crippen LogP contribution is -2.06. The minimum atomic E-state index is 0.334. The highest BCUT2D eigenvalue weighted by Crippen LogP contribution is 2.27. The summed E-state index contributed by atoms with van der Waals surface area (Å²) in [6, 6.07) is 0. The van der Waals surface area contributed by atoms with E-state index in [4.69, 9.17) is 0 Å². The van der Waals surface area contributed by atoms with Crippen molar-refractivity contribution in [3.63, 3.8) is 0 Å². The van der Waals surface area contributed by atoms with Crippen LogP contribution < -0.4 is 0 Å². The van der Waals surface area contributed by atoms with Gasteiger partial charge in [-0.2, -0.15) is 0 Å². The van der Waals surface area contributed by atoms with Gasteiger partial charge in [-0.1, -0.05) is 65.0 Å². The number of allylic oxidation sites excluding steroid dienone is 4. The van der Waals surface area contributed by atoms with E-state index in [0.717, 1.165) is 25.7 Å². The highest BCUT2D eigenvalue weighted by atomic mass is 14.2. The first-order valence-corrected chi connectivity index (χ1v) is 7.40. The second kappa shape index (κ2) is 8.23. The molecule has 108 valence electrons. The lowest BCUT2D eigenvalue weighted by molar-refractivity contribution is 0.407. The molecule has 0 aliphatic carbocycles. The zero-order chi connectivity index (χ0) is 15.1. The van der Waals surface area contributed by atoms with Crippen LogP contribution in [0, 0.1) is 11.3 Å². The summed E-state index contributed by atoms with van der Waals surface area (Å²) in [5, 5.41) is 0. The largest absolute Gasteiger partial charge is 0.129 e. The second-order valence-corrected chi connectivity index (χ2v) is 6.93. The Morgan fingerprint density at radius 1 is 1.32 bits per heavy atom. The van der Waals surface area contributed by atoms with Gasteiger partial charge >= 0.3 is 0 Å². The molecular formula is C19H32. The molecule has 0 amide bonds. The summed E-state index contributed by atoms with van der Waals surface area (Å²) in [5.41, 5.74) is 7.49. The Hall–Kier alpha value is -1.00. The molecule has 0 aliphatic rings. The molecule has 0 rings (SSSR count). The third-order valence-corrected chi connectivity index (χ3v) is 3.41. The summed E-state index contributed by atoms with van der Waals surface area (Å²) in [4.78, 5) is 0. The fourth-order valence-corrected chi connectivity index (χ4v) is 2.26. The van der Waals surface area contributed by atoms with Gasteiger partial charge in [-0.05, 0) is 49.5 Å². The lowest BCUT2D eigenvalue weighted by atomic mass is 9.86. The lowest BCUT2D eigenvalue weighted by Gasteiger charge is -2.20. The van der Waals surface area contributed by atoms with E-state index < -0.39 is 0 Å². The van der Waals surface area contributed by atoms with E-state index in [9.17, 15) is 0 Å². The van der Waals surface area contributed by atoms with Crippen molar-refractivity contribution in [3.8, 4) is 0 Å². The van der Waals surface area contributed by atoms with Crippen LogP contribution in [0.15, 0.2) is 41.7 Å². The molecule has 0 saturated heterocycles. The molecule has 0 heterocycles. The van der Waals surface area contributed by atoms with Gasteiger partial charge in [0, 0.05) is 0 Å². The standard InChI is InChI=1S/C19H32/c1-9-17(5)18(10-2)12-11-15(3)13-16(4)14-19(6,7)8/h11,17H,2,4,9,12-14H2,1,3,5-8H3. The van der Waals surface area contributed by atoms with Gasteiger partial charge in [0.05, 0.1) is 0 Å².